The number of rotatable bonds is 0. The van der Waals surface area contributed by atoms with Gasteiger partial charge in [-0.15, -0.1) is 0 Å². The average molecular weight is 231 g/mol. The third kappa shape index (κ3) is 1.31. The molecule has 0 aliphatic rings. The first kappa shape index (κ1) is 9.43. The van der Waals surface area contributed by atoms with Gasteiger partial charge < -0.3 is 4.42 Å². The molecule has 1 aromatic heterocycles. The summed E-state index contributed by atoms with van der Waals surface area (Å²) >= 11 is 5.86. The van der Waals surface area contributed by atoms with Crippen molar-refractivity contribution in [3.05, 3.63) is 57.7 Å². The summed E-state index contributed by atoms with van der Waals surface area (Å²) < 4.78 is 5.62. The zero-order chi connectivity index (χ0) is 11.1. The van der Waals surface area contributed by atoms with Crippen molar-refractivity contribution in [1.29, 1.82) is 0 Å². The maximum atomic E-state index is 12.1. The van der Waals surface area contributed by atoms with E-state index in [1.807, 2.05) is 12.1 Å². The summed E-state index contributed by atoms with van der Waals surface area (Å²) in [5.74, 6) is 0. The molecule has 0 fully saturated rings. The van der Waals surface area contributed by atoms with Gasteiger partial charge in [0.1, 0.15) is 11.2 Å². The van der Waals surface area contributed by atoms with Gasteiger partial charge in [0.2, 0.25) is 5.43 Å². The van der Waals surface area contributed by atoms with E-state index in [2.05, 4.69) is 0 Å². The standard InChI is InChI=1S/C13H7ClO2/c14-8-5-6-12-10(7-8)13(15)9-3-1-2-4-11(9)16-12/h1-7H. The van der Waals surface area contributed by atoms with Crippen LogP contribution >= 0.6 is 11.6 Å². The first-order chi connectivity index (χ1) is 7.75. The van der Waals surface area contributed by atoms with E-state index in [0.717, 1.165) is 0 Å². The third-order valence-corrected chi connectivity index (χ3v) is 2.77. The minimum atomic E-state index is -0.0423. The van der Waals surface area contributed by atoms with Crippen LogP contribution in [0.25, 0.3) is 21.9 Å². The molecule has 0 spiro atoms. The molecule has 0 saturated heterocycles. The lowest BCUT2D eigenvalue weighted by Gasteiger charge is -2.00. The van der Waals surface area contributed by atoms with Gasteiger partial charge in [-0.2, -0.15) is 0 Å². The summed E-state index contributed by atoms with van der Waals surface area (Å²) in [6, 6.07) is 12.2. The van der Waals surface area contributed by atoms with Gasteiger partial charge in [-0.1, -0.05) is 23.7 Å². The molecule has 0 radical (unpaired) electrons. The topological polar surface area (TPSA) is 30.2 Å². The lowest BCUT2D eigenvalue weighted by Crippen LogP contribution is -2.01. The lowest BCUT2D eigenvalue weighted by molar-refractivity contribution is 0.660. The Morgan fingerprint density at radius 3 is 2.56 bits per heavy atom. The summed E-state index contributed by atoms with van der Waals surface area (Å²) in [4.78, 5) is 12.1. The van der Waals surface area contributed by atoms with E-state index in [1.165, 1.54) is 0 Å². The first-order valence-corrected chi connectivity index (χ1v) is 5.24. The fourth-order valence-corrected chi connectivity index (χ4v) is 1.95. The Bertz CT molecular complexity index is 744. The second-order valence-electron chi connectivity index (χ2n) is 3.57. The van der Waals surface area contributed by atoms with Gasteiger partial charge in [0.25, 0.3) is 0 Å². The summed E-state index contributed by atoms with van der Waals surface area (Å²) in [7, 11) is 0. The van der Waals surface area contributed by atoms with Gasteiger partial charge in [-0.05, 0) is 30.3 Å². The van der Waals surface area contributed by atoms with Gasteiger partial charge in [-0.3, -0.25) is 4.79 Å². The van der Waals surface area contributed by atoms with Crippen molar-refractivity contribution in [1.82, 2.24) is 0 Å². The quantitative estimate of drug-likeness (QED) is 0.553. The van der Waals surface area contributed by atoms with Crippen LogP contribution in [0.3, 0.4) is 0 Å². The van der Waals surface area contributed by atoms with Gasteiger partial charge in [0.05, 0.1) is 10.8 Å². The summed E-state index contributed by atoms with van der Waals surface area (Å²) in [6.07, 6.45) is 0. The van der Waals surface area contributed by atoms with Crippen LogP contribution < -0.4 is 5.43 Å². The Labute approximate surface area is 96.1 Å². The van der Waals surface area contributed by atoms with Gasteiger partial charge in [0, 0.05) is 5.02 Å². The van der Waals surface area contributed by atoms with Gasteiger partial charge in [0.15, 0.2) is 0 Å². The monoisotopic (exact) mass is 230 g/mol. The molecule has 0 atom stereocenters. The highest BCUT2D eigenvalue weighted by molar-refractivity contribution is 6.31. The van der Waals surface area contributed by atoms with E-state index in [9.17, 15) is 4.79 Å². The van der Waals surface area contributed by atoms with E-state index in [1.54, 1.807) is 30.3 Å². The smallest absolute Gasteiger partial charge is 0.200 e. The molecule has 0 bridgehead atoms. The highest BCUT2D eigenvalue weighted by atomic mass is 35.5. The number of para-hydroxylation sites is 1. The SMILES string of the molecule is O=c1c2ccccc2oc2ccc(Cl)cc12. The van der Waals surface area contributed by atoms with Crippen molar-refractivity contribution < 1.29 is 4.42 Å². The highest BCUT2D eigenvalue weighted by Crippen LogP contribution is 2.21. The van der Waals surface area contributed by atoms with Crippen LogP contribution in [0.15, 0.2) is 51.7 Å². The first-order valence-electron chi connectivity index (χ1n) is 4.87. The number of halogens is 1. The summed E-state index contributed by atoms with van der Waals surface area (Å²) in [5.41, 5.74) is 1.12. The molecule has 78 valence electrons. The molecular weight excluding hydrogens is 224 g/mol. The lowest BCUT2D eigenvalue weighted by atomic mass is 10.1. The Morgan fingerprint density at radius 1 is 0.938 bits per heavy atom. The Hall–Kier alpha value is -1.80. The van der Waals surface area contributed by atoms with Crippen LogP contribution in [0, 0.1) is 0 Å². The Kier molecular flexibility index (Phi) is 1.98. The number of fused-ring (bicyclic) bond motifs is 2. The number of hydrogen-bond acceptors (Lipinski definition) is 2. The molecule has 3 rings (SSSR count). The fourth-order valence-electron chi connectivity index (χ4n) is 1.78. The maximum Gasteiger partial charge on any atom is 0.200 e. The summed E-state index contributed by atoms with van der Waals surface area (Å²) in [6.45, 7) is 0. The minimum absolute atomic E-state index is 0.0423. The second-order valence-corrected chi connectivity index (χ2v) is 4.00. The van der Waals surface area contributed by atoms with Crippen molar-refractivity contribution in [3.8, 4) is 0 Å². The maximum absolute atomic E-state index is 12.1. The van der Waals surface area contributed by atoms with E-state index < -0.39 is 0 Å². The van der Waals surface area contributed by atoms with Crippen molar-refractivity contribution in [2.75, 3.05) is 0 Å². The third-order valence-electron chi connectivity index (χ3n) is 2.54. The van der Waals surface area contributed by atoms with Crippen molar-refractivity contribution in [2.45, 2.75) is 0 Å². The minimum Gasteiger partial charge on any atom is -0.456 e. The molecule has 2 aromatic carbocycles. The van der Waals surface area contributed by atoms with E-state index >= 15 is 0 Å². The van der Waals surface area contributed by atoms with E-state index in [4.69, 9.17) is 16.0 Å². The van der Waals surface area contributed by atoms with Crippen LogP contribution in [-0.2, 0) is 0 Å². The van der Waals surface area contributed by atoms with Crippen LogP contribution in [0.4, 0.5) is 0 Å². The van der Waals surface area contributed by atoms with E-state index in [-0.39, 0.29) is 5.43 Å². The molecule has 3 aromatic rings. The van der Waals surface area contributed by atoms with Crippen molar-refractivity contribution in [2.24, 2.45) is 0 Å². The molecule has 3 heteroatoms. The fraction of sp³-hybridized carbons (Fsp3) is 0. The molecule has 1 heterocycles. The van der Waals surface area contributed by atoms with Gasteiger partial charge >= 0.3 is 0 Å². The largest absolute Gasteiger partial charge is 0.456 e. The Morgan fingerprint density at radius 2 is 1.69 bits per heavy atom. The molecule has 2 nitrogen and oxygen atoms in total. The predicted molar refractivity (Wildman–Crippen MR) is 65.0 cm³/mol. The zero-order valence-corrected chi connectivity index (χ0v) is 8.99. The molecular formula is C13H7ClO2. The molecule has 16 heavy (non-hydrogen) atoms. The van der Waals surface area contributed by atoms with Crippen LogP contribution in [0.1, 0.15) is 0 Å². The average Bonchev–Trinajstić information content (AvgIpc) is 2.31. The molecule has 0 aliphatic carbocycles. The molecule has 0 amide bonds. The molecule has 0 N–H and O–H groups in total. The van der Waals surface area contributed by atoms with Crippen LogP contribution in [0.2, 0.25) is 5.02 Å². The molecule has 0 aliphatic heterocycles. The van der Waals surface area contributed by atoms with E-state index in [0.29, 0.717) is 27.0 Å². The normalized spacial score (nSPS) is 11.1. The summed E-state index contributed by atoms with van der Waals surface area (Å²) in [5, 5.41) is 1.64. The van der Waals surface area contributed by atoms with Crippen molar-refractivity contribution >= 4 is 33.5 Å². The molecule has 0 unspecified atom stereocenters. The van der Waals surface area contributed by atoms with Crippen molar-refractivity contribution in [3.63, 3.8) is 0 Å². The highest BCUT2D eigenvalue weighted by Gasteiger charge is 2.06. The number of benzene rings is 2. The second kappa shape index (κ2) is 3.35. The molecule has 0 saturated carbocycles. The number of hydrogen-bond donors (Lipinski definition) is 0. The predicted octanol–water partition coefficient (Wildman–Crippen LogP) is 3.60. The zero-order valence-electron chi connectivity index (χ0n) is 8.24. The van der Waals surface area contributed by atoms with Crippen LogP contribution in [-0.4, -0.2) is 0 Å². The van der Waals surface area contributed by atoms with Gasteiger partial charge in [-0.25, -0.2) is 0 Å². The Balaban J connectivity index is 2.61. The van der Waals surface area contributed by atoms with Crippen LogP contribution in [0.5, 0.6) is 0 Å².